The summed E-state index contributed by atoms with van der Waals surface area (Å²) in [5.74, 6) is -0.427. The average molecular weight is 386 g/mol. The number of hydrogen-bond acceptors (Lipinski definition) is 4. The molecule has 0 spiro atoms. The third-order valence-electron chi connectivity index (χ3n) is 5.00. The predicted molar refractivity (Wildman–Crippen MR) is 104 cm³/mol. The number of rotatable bonds is 5. The smallest absolute Gasteiger partial charge is 0.414 e. The first-order valence-electron chi connectivity index (χ1n) is 9.18. The van der Waals surface area contributed by atoms with Crippen LogP contribution in [-0.4, -0.2) is 50.8 Å². The van der Waals surface area contributed by atoms with Crippen LogP contribution >= 0.6 is 0 Å². The number of ether oxygens (including phenoxy) is 1. The molecule has 2 amide bonds. The summed E-state index contributed by atoms with van der Waals surface area (Å²) in [5.41, 5.74) is 1.98. The zero-order chi connectivity index (χ0) is 20.3. The lowest BCUT2D eigenvalue weighted by Gasteiger charge is -2.32. The molecule has 28 heavy (non-hydrogen) atoms. The van der Waals surface area contributed by atoms with E-state index in [2.05, 4.69) is 10.2 Å². The van der Waals surface area contributed by atoms with Crippen molar-refractivity contribution < 1.29 is 18.7 Å². The van der Waals surface area contributed by atoms with Crippen LogP contribution in [0.2, 0.25) is 0 Å². The molecule has 7 nitrogen and oxygen atoms in total. The highest BCUT2D eigenvalue weighted by molar-refractivity contribution is 5.90. The summed E-state index contributed by atoms with van der Waals surface area (Å²) in [6, 6.07) is 4.70. The Morgan fingerprint density at radius 3 is 2.86 bits per heavy atom. The van der Waals surface area contributed by atoms with Gasteiger partial charge in [-0.05, 0) is 18.2 Å². The zero-order valence-electron chi connectivity index (χ0n) is 15.9. The van der Waals surface area contributed by atoms with Crippen LogP contribution in [0.15, 0.2) is 29.8 Å². The highest BCUT2D eigenvalue weighted by Gasteiger charge is 2.33. The third kappa shape index (κ3) is 4.25. The van der Waals surface area contributed by atoms with Crippen LogP contribution in [0.3, 0.4) is 0 Å². The number of cyclic esters (lactones) is 1. The highest BCUT2D eigenvalue weighted by atomic mass is 19.1. The molecule has 148 valence electrons. The van der Waals surface area contributed by atoms with Crippen molar-refractivity contribution >= 4 is 23.4 Å². The van der Waals surface area contributed by atoms with Crippen molar-refractivity contribution in [3.8, 4) is 0 Å². The Morgan fingerprint density at radius 1 is 1.43 bits per heavy atom. The standard InChI is InChI=1S/C20H23FN4O3/c1-13-11-24(7-6-15(13)9-22-3)19-5-4-16(8-18(19)21)25-12-17(28-20(25)27)10-23-14(2)26/h4-6,8,13,17H,7,9-12H2,1-2H3,(H,23,26)/t13?,17-/m0/s1. The van der Waals surface area contributed by atoms with E-state index < -0.39 is 18.0 Å². The molecule has 3 rings (SSSR count). The first kappa shape index (κ1) is 19.7. The van der Waals surface area contributed by atoms with Crippen molar-refractivity contribution in [3.63, 3.8) is 0 Å². The number of anilines is 2. The monoisotopic (exact) mass is 386 g/mol. The average Bonchev–Trinajstić information content (AvgIpc) is 3.02. The van der Waals surface area contributed by atoms with Crippen molar-refractivity contribution in [3.05, 3.63) is 47.1 Å². The van der Waals surface area contributed by atoms with Crippen molar-refractivity contribution in [2.24, 2.45) is 5.92 Å². The minimum absolute atomic E-state index is 0.185. The Bertz CT molecular complexity index is 848. The van der Waals surface area contributed by atoms with E-state index in [9.17, 15) is 14.0 Å². The van der Waals surface area contributed by atoms with Crippen molar-refractivity contribution in [2.45, 2.75) is 20.0 Å². The zero-order valence-corrected chi connectivity index (χ0v) is 15.9. The molecule has 1 aromatic carbocycles. The van der Waals surface area contributed by atoms with Crippen molar-refractivity contribution in [2.75, 3.05) is 42.5 Å². The lowest BCUT2D eigenvalue weighted by Crippen LogP contribution is -2.35. The maximum absolute atomic E-state index is 14.8. The molecule has 0 aromatic heterocycles. The molecule has 0 saturated carbocycles. The van der Waals surface area contributed by atoms with Gasteiger partial charge in [-0.1, -0.05) is 13.0 Å². The summed E-state index contributed by atoms with van der Waals surface area (Å²) in [7, 11) is 0. The molecule has 0 aliphatic carbocycles. The molecular formula is C20H23FN4O3. The molecule has 2 heterocycles. The number of benzene rings is 1. The van der Waals surface area contributed by atoms with Gasteiger partial charge in [0.2, 0.25) is 12.5 Å². The summed E-state index contributed by atoms with van der Waals surface area (Å²) in [6.45, 7) is 12.5. The largest absolute Gasteiger partial charge is 0.442 e. The van der Waals surface area contributed by atoms with Crippen LogP contribution < -0.4 is 15.1 Å². The Kier molecular flexibility index (Phi) is 5.83. The fourth-order valence-corrected chi connectivity index (χ4v) is 3.48. The number of amides is 2. The summed E-state index contributed by atoms with van der Waals surface area (Å²) < 4.78 is 20.0. The van der Waals surface area contributed by atoms with E-state index in [-0.39, 0.29) is 24.9 Å². The van der Waals surface area contributed by atoms with Crippen LogP contribution in [0.25, 0.3) is 4.85 Å². The van der Waals surface area contributed by atoms with E-state index >= 15 is 0 Å². The molecule has 1 fully saturated rings. The second kappa shape index (κ2) is 8.30. The van der Waals surface area contributed by atoms with Gasteiger partial charge >= 0.3 is 6.09 Å². The van der Waals surface area contributed by atoms with Crippen LogP contribution in [0.1, 0.15) is 13.8 Å². The van der Waals surface area contributed by atoms with Crippen LogP contribution in [-0.2, 0) is 9.53 Å². The van der Waals surface area contributed by atoms with Gasteiger partial charge in [-0.25, -0.2) is 15.8 Å². The Hall–Kier alpha value is -3.08. The minimum atomic E-state index is -0.555. The second-order valence-electron chi connectivity index (χ2n) is 7.09. The molecule has 2 aliphatic rings. The Balaban J connectivity index is 1.70. The van der Waals surface area contributed by atoms with E-state index in [1.54, 1.807) is 12.1 Å². The number of carbonyl (C=O) groups excluding carboxylic acids is 2. The van der Waals surface area contributed by atoms with Crippen LogP contribution in [0.5, 0.6) is 0 Å². The normalized spacial score (nSPS) is 21.8. The van der Waals surface area contributed by atoms with Crippen molar-refractivity contribution in [1.29, 1.82) is 0 Å². The maximum atomic E-state index is 14.8. The molecule has 8 heteroatoms. The van der Waals surface area contributed by atoms with E-state index in [1.165, 1.54) is 17.9 Å². The van der Waals surface area contributed by atoms with Gasteiger partial charge in [0.1, 0.15) is 11.9 Å². The number of carbonyl (C=O) groups is 2. The summed E-state index contributed by atoms with van der Waals surface area (Å²) in [6.07, 6.45) is 0.971. The fraction of sp³-hybridized carbons (Fsp3) is 0.450. The summed E-state index contributed by atoms with van der Waals surface area (Å²) in [4.78, 5) is 29.8. The molecule has 1 aromatic rings. The maximum Gasteiger partial charge on any atom is 0.414 e. The van der Waals surface area contributed by atoms with Gasteiger partial charge in [0, 0.05) is 31.5 Å². The van der Waals surface area contributed by atoms with Gasteiger partial charge in [0.15, 0.2) is 0 Å². The van der Waals surface area contributed by atoms with Gasteiger partial charge in [0.05, 0.1) is 24.5 Å². The van der Waals surface area contributed by atoms with Gasteiger partial charge in [-0.3, -0.25) is 9.69 Å². The molecule has 1 N–H and O–H groups in total. The molecule has 0 bridgehead atoms. The van der Waals surface area contributed by atoms with E-state index in [0.29, 0.717) is 31.0 Å². The second-order valence-corrected chi connectivity index (χ2v) is 7.09. The molecular weight excluding hydrogens is 363 g/mol. The van der Waals surface area contributed by atoms with Crippen LogP contribution in [0.4, 0.5) is 20.6 Å². The molecule has 1 saturated heterocycles. The summed E-state index contributed by atoms with van der Waals surface area (Å²) >= 11 is 0. The topological polar surface area (TPSA) is 66.2 Å². The Morgan fingerprint density at radius 2 is 2.21 bits per heavy atom. The van der Waals surface area contributed by atoms with E-state index in [4.69, 9.17) is 11.3 Å². The molecule has 0 radical (unpaired) electrons. The third-order valence-corrected chi connectivity index (χ3v) is 5.00. The van der Waals surface area contributed by atoms with Gasteiger partial charge in [-0.2, -0.15) is 0 Å². The minimum Gasteiger partial charge on any atom is -0.442 e. The van der Waals surface area contributed by atoms with E-state index in [0.717, 1.165) is 5.57 Å². The molecule has 2 atom stereocenters. The number of nitrogens with zero attached hydrogens (tertiary/aromatic N) is 3. The number of hydrogen-bond donors (Lipinski definition) is 1. The quantitative estimate of drug-likeness (QED) is 0.624. The number of nitrogens with one attached hydrogen (secondary N) is 1. The summed E-state index contributed by atoms with van der Waals surface area (Å²) in [5, 5.41) is 2.61. The first-order valence-corrected chi connectivity index (χ1v) is 9.18. The van der Waals surface area contributed by atoms with Crippen molar-refractivity contribution in [1.82, 2.24) is 5.32 Å². The lowest BCUT2D eigenvalue weighted by atomic mass is 9.96. The van der Waals surface area contributed by atoms with Gasteiger partial charge in [-0.15, -0.1) is 0 Å². The highest BCUT2D eigenvalue weighted by Crippen LogP contribution is 2.30. The lowest BCUT2D eigenvalue weighted by molar-refractivity contribution is -0.119. The fourth-order valence-electron chi connectivity index (χ4n) is 3.48. The number of halogens is 1. The Labute approximate surface area is 163 Å². The molecule has 2 aliphatic heterocycles. The van der Waals surface area contributed by atoms with Crippen LogP contribution in [0, 0.1) is 18.3 Å². The first-order chi connectivity index (χ1) is 13.4. The predicted octanol–water partition coefficient (Wildman–Crippen LogP) is 2.59. The van der Waals surface area contributed by atoms with Gasteiger partial charge in [0.25, 0.3) is 0 Å². The SMILES string of the molecule is [C-]#[N+]CC1=CCN(c2ccc(N3C[C@H](CNC(C)=O)OC3=O)cc2F)CC1C. The molecule has 1 unspecified atom stereocenters. The van der Waals surface area contributed by atoms with Gasteiger partial charge < -0.3 is 19.8 Å². The van der Waals surface area contributed by atoms with E-state index in [1.807, 2.05) is 17.9 Å².